The molecule has 150 valence electrons. The lowest BCUT2D eigenvalue weighted by atomic mass is 10.1. The van der Waals surface area contributed by atoms with Crippen LogP contribution < -0.4 is 10.5 Å². The topological polar surface area (TPSA) is 77.1 Å². The van der Waals surface area contributed by atoms with E-state index < -0.39 is 16.1 Å². The van der Waals surface area contributed by atoms with Gasteiger partial charge in [0.2, 0.25) is 10.0 Å². The number of nitrogen functional groups attached to an aromatic ring is 1. The summed E-state index contributed by atoms with van der Waals surface area (Å²) in [6.45, 7) is 7.74. The maximum Gasteiger partial charge on any atom is 0.243 e. The van der Waals surface area contributed by atoms with Crippen molar-refractivity contribution in [3.8, 4) is 0 Å². The van der Waals surface area contributed by atoms with Gasteiger partial charge in [-0.3, -0.25) is 0 Å². The molecule has 7 heteroatoms. The van der Waals surface area contributed by atoms with E-state index in [9.17, 15) is 12.8 Å². The number of nitrogens with one attached hydrogen (secondary N) is 1. The summed E-state index contributed by atoms with van der Waals surface area (Å²) in [5.41, 5.74) is 9.18. The highest BCUT2D eigenvalue weighted by Gasteiger charge is 2.24. The summed E-state index contributed by atoms with van der Waals surface area (Å²) in [5.74, 6) is -0.318. The average molecular weight is 404 g/mol. The van der Waals surface area contributed by atoms with Crippen molar-refractivity contribution < 1.29 is 12.8 Å². The van der Waals surface area contributed by atoms with Gasteiger partial charge in [0.25, 0.3) is 0 Å². The zero-order valence-corrected chi connectivity index (χ0v) is 17.4. The first-order valence-electron chi connectivity index (χ1n) is 9.27. The molecule has 3 rings (SSSR count). The number of anilines is 1. The molecule has 1 aromatic heterocycles. The van der Waals surface area contributed by atoms with Crippen LogP contribution in [-0.4, -0.2) is 19.0 Å². The molecule has 1 atom stereocenters. The minimum Gasteiger partial charge on any atom is -0.398 e. The summed E-state index contributed by atoms with van der Waals surface area (Å²) in [7, 11) is -3.81. The van der Waals surface area contributed by atoms with Gasteiger partial charge in [0.05, 0.1) is 11.2 Å². The van der Waals surface area contributed by atoms with Crippen molar-refractivity contribution in [2.75, 3.05) is 5.73 Å². The molecule has 0 aliphatic carbocycles. The molecule has 0 aliphatic heterocycles. The summed E-state index contributed by atoms with van der Waals surface area (Å²) >= 11 is 0. The van der Waals surface area contributed by atoms with Crippen LogP contribution in [0, 0.1) is 26.6 Å². The van der Waals surface area contributed by atoms with Gasteiger partial charge in [-0.2, -0.15) is 0 Å². The van der Waals surface area contributed by atoms with E-state index in [4.69, 9.17) is 5.73 Å². The zero-order valence-electron chi connectivity index (χ0n) is 16.6. The summed E-state index contributed by atoms with van der Waals surface area (Å²) in [6, 6.07) is 8.01. The van der Waals surface area contributed by atoms with Crippen molar-refractivity contribution in [2.45, 2.75) is 51.6 Å². The van der Waals surface area contributed by atoms with E-state index in [1.165, 1.54) is 6.07 Å². The normalized spacial score (nSPS) is 13.2. The van der Waals surface area contributed by atoms with E-state index in [0.717, 1.165) is 16.5 Å². The molecule has 0 spiro atoms. The van der Waals surface area contributed by atoms with Crippen molar-refractivity contribution in [1.82, 2.24) is 9.29 Å². The number of sulfonamides is 1. The first-order chi connectivity index (χ1) is 13.1. The average Bonchev–Trinajstić information content (AvgIpc) is 2.90. The van der Waals surface area contributed by atoms with E-state index in [-0.39, 0.29) is 16.4 Å². The van der Waals surface area contributed by atoms with Gasteiger partial charge in [-0.15, -0.1) is 0 Å². The summed E-state index contributed by atoms with van der Waals surface area (Å²) in [6.07, 6.45) is 2.41. The number of fused-ring (bicyclic) bond motifs is 1. The number of para-hydroxylation sites is 1. The third-order valence-electron chi connectivity index (χ3n) is 5.00. The highest BCUT2D eigenvalue weighted by Crippen LogP contribution is 2.26. The van der Waals surface area contributed by atoms with Crippen molar-refractivity contribution in [3.05, 3.63) is 59.0 Å². The van der Waals surface area contributed by atoms with Gasteiger partial charge in [0, 0.05) is 24.2 Å². The van der Waals surface area contributed by atoms with Gasteiger partial charge in [0.1, 0.15) is 10.7 Å². The van der Waals surface area contributed by atoms with Gasteiger partial charge >= 0.3 is 0 Å². The SMILES string of the molecule is CC[C@@H](Cn1cc(C)c2cccc(F)c21)NS(=O)(=O)c1c(C)cc(C)cc1N. The first kappa shape index (κ1) is 20.4. The number of benzene rings is 2. The van der Waals surface area contributed by atoms with Gasteiger partial charge in [0.15, 0.2) is 0 Å². The smallest absolute Gasteiger partial charge is 0.243 e. The number of aromatic nitrogens is 1. The van der Waals surface area contributed by atoms with Crippen LogP contribution in [0.15, 0.2) is 41.4 Å². The molecule has 0 amide bonds. The van der Waals surface area contributed by atoms with E-state index in [2.05, 4.69) is 4.72 Å². The second kappa shape index (κ2) is 7.56. The molecule has 0 radical (unpaired) electrons. The van der Waals surface area contributed by atoms with Crippen LogP contribution in [0.5, 0.6) is 0 Å². The van der Waals surface area contributed by atoms with Crippen molar-refractivity contribution in [2.24, 2.45) is 0 Å². The molecule has 0 aliphatic rings. The second-order valence-electron chi connectivity index (χ2n) is 7.33. The Morgan fingerprint density at radius 3 is 2.54 bits per heavy atom. The van der Waals surface area contributed by atoms with Gasteiger partial charge in [-0.25, -0.2) is 17.5 Å². The van der Waals surface area contributed by atoms with E-state index in [1.807, 2.05) is 33.0 Å². The van der Waals surface area contributed by atoms with Gasteiger partial charge < -0.3 is 10.3 Å². The van der Waals surface area contributed by atoms with E-state index in [0.29, 0.717) is 24.0 Å². The van der Waals surface area contributed by atoms with Crippen LogP contribution in [-0.2, 0) is 16.6 Å². The number of rotatable bonds is 6. The lowest BCUT2D eigenvalue weighted by molar-refractivity contribution is 0.488. The third kappa shape index (κ3) is 3.77. The summed E-state index contributed by atoms with van der Waals surface area (Å²) in [4.78, 5) is 0.108. The van der Waals surface area contributed by atoms with Gasteiger partial charge in [-0.05, 0) is 56.0 Å². The lowest BCUT2D eigenvalue weighted by Gasteiger charge is -2.20. The van der Waals surface area contributed by atoms with Crippen LogP contribution in [0.1, 0.15) is 30.0 Å². The monoisotopic (exact) mass is 403 g/mol. The highest BCUT2D eigenvalue weighted by atomic mass is 32.2. The first-order valence-corrected chi connectivity index (χ1v) is 10.8. The van der Waals surface area contributed by atoms with Crippen molar-refractivity contribution in [3.63, 3.8) is 0 Å². The molecule has 2 aromatic carbocycles. The molecule has 0 unspecified atom stereocenters. The quantitative estimate of drug-likeness (QED) is 0.610. The Morgan fingerprint density at radius 1 is 1.18 bits per heavy atom. The highest BCUT2D eigenvalue weighted by molar-refractivity contribution is 7.89. The standard InChI is InChI=1S/C21H26FN3O2S/c1-5-16(12-25-11-15(4)17-7-6-8-18(22)20(17)25)24-28(26,27)21-14(3)9-13(2)10-19(21)23/h6-11,16,24H,5,12,23H2,1-4H3/t16-/m0/s1. The van der Waals surface area contributed by atoms with Crippen LogP contribution in [0.2, 0.25) is 0 Å². The van der Waals surface area contributed by atoms with Crippen molar-refractivity contribution in [1.29, 1.82) is 0 Å². The largest absolute Gasteiger partial charge is 0.398 e. The number of aryl methyl sites for hydroxylation is 3. The van der Waals surface area contributed by atoms with E-state index >= 15 is 0 Å². The van der Waals surface area contributed by atoms with Crippen LogP contribution in [0.3, 0.4) is 0 Å². The number of halogens is 1. The molecule has 5 nitrogen and oxygen atoms in total. The molecular formula is C21H26FN3O2S. The Morgan fingerprint density at radius 2 is 1.89 bits per heavy atom. The Labute approximate surface area is 165 Å². The maximum atomic E-state index is 14.4. The molecule has 0 bridgehead atoms. The Hall–Kier alpha value is -2.38. The minimum atomic E-state index is -3.81. The predicted octanol–water partition coefficient (Wildman–Crippen LogP) is 4.04. The zero-order chi connectivity index (χ0) is 20.6. The fraction of sp³-hybridized carbons (Fsp3) is 0.333. The molecule has 0 saturated heterocycles. The molecule has 0 saturated carbocycles. The van der Waals surface area contributed by atoms with Crippen LogP contribution in [0.4, 0.5) is 10.1 Å². The predicted molar refractivity (Wildman–Crippen MR) is 111 cm³/mol. The second-order valence-corrected chi connectivity index (χ2v) is 8.98. The number of hydrogen-bond acceptors (Lipinski definition) is 3. The molecule has 1 heterocycles. The minimum absolute atomic E-state index is 0.108. The van der Waals surface area contributed by atoms with Gasteiger partial charge in [-0.1, -0.05) is 25.1 Å². The number of hydrogen-bond donors (Lipinski definition) is 2. The fourth-order valence-corrected chi connectivity index (χ4v) is 5.41. The molecule has 0 fully saturated rings. The Balaban J connectivity index is 1.94. The lowest BCUT2D eigenvalue weighted by Crippen LogP contribution is -2.38. The number of nitrogens with zero attached hydrogens (tertiary/aromatic N) is 1. The summed E-state index contributed by atoms with van der Waals surface area (Å²) in [5, 5.41) is 0.830. The maximum absolute atomic E-state index is 14.4. The summed E-state index contributed by atoms with van der Waals surface area (Å²) < 4.78 is 44.9. The third-order valence-corrected chi connectivity index (χ3v) is 6.74. The molecular weight excluding hydrogens is 377 g/mol. The van der Waals surface area contributed by atoms with Crippen LogP contribution in [0.25, 0.3) is 10.9 Å². The van der Waals surface area contributed by atoms with Crippen molar-refractivity contribution >= 4 is 26.6 Å². The molecule has 3 aromatic rings. The number of nitrogens with two attached hydrogens (primary N) is 1. The molecule has 3 N–H and O–H groups in total. The Bertz CT molecular complexity index is 1110. The van der Waals surface area contributed by atoms with E-state index in [1.54, 1.807) is 29.7 Å². The van der Waals surface area contributed by atoms with Crippen LogP contribution >= 0.6 is 0 Å². The Kier molecular flexibility index (Phi) is 5.50. The fourth-order valence-electron chi connectivity index (χ4n) is 3.76. The molecule has 28 heavy (non-hydrogen) atoms.